The molecule has 0 saturated heterocycles. The first kappa shape index (κ1) is 11.4. The third kappa shape index (κ3) is 1.72. The minimum Gasteiger partial charge on any atom is -0.390 e. The number of aliphatic hydroxyl groups is 1. The maximum absolute atomic E-state index is 12.9. The van der Waals surface area contributed by atoms with E-state index in [4.69, 9.17) is 0 Å². The van der Waals surface area contributed by atoms with E-state index in [1.54, 1.807) is 23.5 Å². The molecule has 0 spiro atoms. The van der Waals surface area contributed by atoms with Gasteiger partial charge < -0.3 is 5.11 Å². The monoisotopic (exact) mass is 262 g/mol. The Labute approximate surface area is 107 Å². The van der Waals surface area contributed by atoms with Gasteiger partial charge in [0.25, 0.3) is 0 Å². The van der Waals surface area contributed by atoms with Gasteiger partial charge in [0.1, 0.15) is 5.82 Å². The van der Waals surface area contributed by atoms with Crippen molar-refractivity contribution < 1.29 is 9.50 Å². The largest absolute Gasteiger partial charge is 0.390 e. The summed E-state index contributed by atoms with van der Waals surface area (Å²) in [5.74, 6) is -0.277. The van der Waals surface area contributed by atoms with Gasteiger partial charge in [-0.2, -0.15) is 0 Å². The fourth-order valence-corrected chi connectivity index (χ4v) is 2.84. The lowest BCUT2D eigenvalue weighted by Gasteiger charge is -2.01. The highest BCUT2D eigenvalue weighted by molar-refractivity contribution is 7.17. The lowest BCUT2D eigenvalue weighted by molar-refractivity contribution is 0.276. The zero-order chi connectivity index (χ0) is 12.7. The van der Waals surface area contributed by atoms with E-state index in [-0.39, 0.29) is 12.4 Å². The highest BCUT2D eigenvalue weighted by Gasteiger charge is 2.14. The maximum Gasteiger partial charge on any atom is 0.194 e. The number of thiazole rings is 1. The molecule has 2 aromatic heterocycles. The Morgan fingerprint density at radius 1 is 1.33 bits per heavy atom. The lowest BCUT2D eigenvalue weighted by Crippen LogP contribution is -1.92. The summed E-state index contributed by atoms with van der Waals surface area (Å²) >= 11 is 1.57. The molecule has 5 heteroatoms. The van der Waals surface area contributed by atoms with Gasteiger partial charge in [-0.1, -0.05) is 0 Å². The van der Waals surface area contributed by atoms with Crippen LogP contribution in [0.2, 0.25) is 0 Å². The smallest absolute Gasteiger partial charge is 0.194 e. The predicted octanol–water partition coefficient (Wildman–Crippen LogP) is 3.00. The van der Waals surface area contributed by atoms with E-state index >= 15 is 0 Å². The first-order valence-corrected chi connectivity index (χ1v) is 6.35. The SMILES string of the molecule is Cc1cn2c(CO)c(-c3ccc(F)cc3)nc2s1. The molecule has 18 heavy (non-hydrogen) atoms. The molecule has 0 aliphatic carbocycles. The standard InChI is InChI=1S/C13H11FN2OS/c1-8-6-16-11(7-17)12(15-13(16)18-8)9-2-4-10(14)5-3-9/h2-6,17H,7H2,1H3. The number of aromatic nitrogens is 2. The number of aryl methyl sites for hydroxylation is 1. The molecule has 3 aromatic rings. The Balaban J connectivity index is 2.22. The highest BCUT2D eigenvalue weighted by Crippen LogP contribution is 2.28. The van der Waals surface area contributed by atoms with Crippen LogP contribution in [0.1, 0.15) is 10.6 Å². The van der Waals surface area contributed by atoms with Crippen LogP contribution in [0.3, 0.4) is 0 Å². The van der Waals surface area contributed by atoms with E-state index in [9.17, 15) is 9.50 Å². The molecule has 0 bridgehead atoms. The van der Waals surface area contributed by atoms with Gasteiger partial charge in [-0.05, 0) is 31.2 Å². The highest BCUT2D eigenvalue weighted by atomic mass is 32.1. The topological polar surface area (TPSA) is 37.5 Å². The van der Waals surface area contributed by atoms with Crippen molar-refractivity contribution in [2.75, 3.05) is 0 Å². The molecule has 3 rings (SSSR count). The summed E-state index contributed by atoms with van der Waals surface area (Å²) in [5, 5.41) is 9.50. The molecular weight excluding hydrogens is 251 g/mol. The van der Waals surface area contributed by atoms with Gasteiger partial charge in [0.05, 0.1) is 18.0 Å². The zero-order valence-electron chi connectivity index (χ0n) is 9.72. The van der Waals surface area contributed by atoms with Crippen LogP contribution in [0.4, 0.5) is 4.39 Å². The average Bonchev–Trinajstić information content (AvgIpc) is 2.85. The number of rotatable bonds is 2. The Morgan fingerprint density at radius 2 is 2.06 bits per heavy atom. The van der Waals surface area contributed by atoms with Gasteiger partial charge in [-0.3, -0.25) is 4.40 Å². The van der Waals surface area contributed by atoms with Crippen LogP contribution in [0, 0.1) is 12.7 Å². The van der Waals surface area contributed by atoms with E-state index in [1.807, 2.05) is 17.5 Å². The second kappa shape index (κ2) is 4.19. The van der Waals surface area contributed by atoms with Gasteiger partial charge in [0, 0.05) is 16.6 Å². The van der Waals surface area contributed by atoms with Crippen molar-refractivity contribution in [2.45, 2.75) is 13.5 Å². The Bertz CT molecular complexity index is 700. The minimum atomic E-state index is -0.277. The van der Waals surface area contributed by atoms with Crippen LogP contribution in [-0.2, 0) is 6.61 Å². The third-order valence-electron chi connectivity index (χ3n) is 2.81. The van der Waals surface area contributed by atoms with Crippen LogP contribution in [0.15, 0.2) is 30.5 Å². The molecule has 1 N–H and O–H groups in total. The van der Waals surface area contributed by atoms with Crippen LogP contribution in [-0.4, -0.2) is 14.5 Å². The van der Waals surface area contributed by atoms with E-state index in [2.05, 4.69) is 4.98 Å². The number of hydrogen-bond acceptors (Lipinski definition) is 3. The second-order valence-electron chi connectivity index (χ2n) is 4.07. The minimum absolute atomic E-state index is 0.0932. The second-order valence-corrected chi connectivity index (χ2v) is 5.28. The van der Waals surface area contributed by atoms with Crippen LogP contribution in [0.5, 0.6) is 0 Å². The van der Waals surface area contributed by atoms with E-state index in [0.29, 0.717) is 5.69 Å². The van der Waals surface area contributed by atoms with Gasteiger partial charge in [-0.15, -0.1) is 11.3 Å². The first-order chi connectivity index (χ1) is 8.69. The molecule has 0 amide bonds. The van der Waals surface area contributed by atoms with Crippen molar-refractivity contribution in [1.29, 1.82) is 0 Å². The molecule has 3 nitrogen and oxygen atoms in total. The summed E-state index contributed by atoms with van der Waals surface area (Å²) in [7, 11) is 0. The molecule has 0 fully saturated rings. The summed E-state index contributed by atoms with van der Waals surface area (Å²) < 4.78 is 14.8. The number of imidazole rings is 1. The normalized spacial score (nSPS) is 11.3. The van der Waals surface area contributed by atoms with Crippen molar-refractivity contribution in [3.05, 3.63) is 46.9 Å². The number of benzene rings is 1. The van der Waals surface area contributed by atoms with E-state index in [0.717, 1.165) is 21.1 Å². The molecule has 0 atom stereocenters. The summed E-state index contributed by atoms with van der Waals surface area (Å²) in [6.45, 7) is 1.90. The van der Waals surface area contributed by atoms with Crippen molar-refractivity contribution in [1.82, 2.24) is 9.38 Å². The fraction of sp³-hybridized carbons (Fsp3) is 0.154. The fourth-order valence-electron chi connectivity index (χ4n) is 1.99. The molecule has 0 unspecified atom stereocenters. The number of nitrogens with zero attached hydrogens (tertiary/aromatic N) is 2. The molecule has 0 radical (unpaired) electrons. The number of hydrogen-bond donors (Lipinski definition) is 1. The predicted molar refractivity (Wildman–Crippen MR) is 69.1 cm³/mol. The van der Waals surface area contributed by atoms with E-state index in [1.165, 1.54) is 12.1 Å². The first-order valence-electron chi connectivity index (χ1n) is 5.53. The van der Waals surface area contributed by atoms with E-state index < -0.39 is 0 Å². The Hall–Kier alpha value is -1.72. The molecule has 92 valence electrons. The quantitative estimate of drug-likeness (QED) is 0.771. The van der Waals surface area contributed by atoms with Crippen molar-refractivity contribution in [3.8, 4) is 11.3 Å². The van der Waals surface area contributed by atoms with Gasteiger partial charge in [0.15, 0.2) is 4.96 Å². The summed E-state index contributed by atoms with van der Waals surface area (Å²) in [6.07, 6.45) is 1.95. The van der Waals surface area contributed by atoms with Crippen molar-refractivity contribution in [2.24, 2.45) is 0 Å². The molecule has 1 aromatic carbocycles. The average molecular weight is 262 g/mol. The maximum atomic E-state index is 12.9. The molecule has 0 aliphatic heterocycles. The van der Waals surface area contributed by atoms with Crippen LogP contribution < -0.4 is 0 Å². The lowest BCUT2D eigenvalue weighted by atomic mass is 10.1. The van der Waals surface area contributed by atoms with Crippen molar-refractivity contribution >= 4 is 16.3 Å². The molecule has 0 saturated carbocycles. The Morgan fingerprint density at radius 3 is 2.72 bits per heavy atom. The van der Waals surface area contributed by atoms with Gasteiger partial charge in [0.2, 0.25) is 0 Å². The Kier molecular flexibility index (Phi) is 2.65. The van der Waals surface area contributed by atoms with Crippen molar-refractivity contribution in [3.63, 3.8) is 0 Å². The van der Waals surface area contributed by atoms with Gasteiger partial charge >= 0.3 is 0 Å². The van der Waals surface area contributed by atoms with Gasteiger partial charge in [-0.25, -0.2) is 9.37 Å². The third-order valence-corrected chi connectivity index (χ3v) is 3.71. The summed E-state index contributed by atoms with van der Waals surface area (Å²) in [5.41, 5.74) is 2.26. The number of aliphatic hydroxyl groups excluding tert-OH is 1. The van der Waals surface area contributed by atoms with Crippen LogP contribution >= 0.6 is 11.3 Å². The molecule has 0 aliphatic rings. The number of halogens is 1. The summed E-state index contributed by atoms with van der Waals surface area (Å²) in [6, 6.07) is 6.14. The molecule has 2 heterocycles. The molecular formula is C13H11FN2OS. The summed E-state index contributed by atoms with van der Waals surface area (Å²) in [4.78, 5) is 6.48. The number of fused-ring (bicyclic) bond motifs is 1. The zero-order valence-corrected chi connectivity index (χ0v) is 10.5. The van der Waals surface area contributed by atoms with Crippen LogP contribution in [0.25, 0.3) is 16.2 Å².